The van der Waals surface area contributed by atoms with Crippen LogP contribution in [0.15, 0.2) is 42.5 Å². The largest absolute Gasteiger partial charge is 0.465 e. The van der Waals surface area contributed by atoms with E-state index in [9.17, 15) is 9.59 Å². The summed E-state index contributed by atoms with van der Waals surface area (Å²) in [5.74, 6) is -0.421. The zero-order valence-corrected chi connectivity index (χ0v) is 15.8. The maximum atomic E-state index is 12.6. The predicted octanol–water partition coefficient (Wildman–Crippen LogP) is 3.74. The summed E-state index contributed by atoms with van der Waals surface area (Å²) in [7, 11) is 1.34. The standard InChI is InChI=1S/C19H18Cl2N2O3/c1-26-19(25)14-4-7-16(21)17(12-14)22-8-10-23(11-9-22)18(24)13-2-5-15(20)6-3-13/h2-7,12H,8-11H2,1H3. The van der Waals surface area contributed by atoms with Crippen LogP contribution in [0.25, 0.3) is 0 Å². The van der Waals surface area contributed by atoms with Crippen LogP contribution in [-0.2, 0) is 4.74 Å². The lowest BCUT2D eigenvalue weighted by Crippen LogP contribution is -2.48. The highest BCUT2D eigenvalue weighted by atomic mass is 35.5. The Kier molecular flexibility index (Phi) is 5.69. The molecule has 0 atom stereocenters. The van der Waals surface area contributed by atoms with E-state index >= 15 is 0 Å². The first kappa shape index (κ1) is 18.5. The summed E-state index contributed by atoms with van der Waals surface area (Å²) < 4.78 is 4.76. The average Bonchev–Trinajstić information content (AvgIpc) is 2.68. The molecule has 7 heteroatoms. The molecule has 136 valence electrons. The summed E-state index contributed by atoms with van der Waals surface area (Å²) in [4.78, 5) is 28.2. The smallest absolute Gasteiger partial charge is 0.337 e. The highest BCUT2D eigenvalue weighted by Gasteiger charge is 2.24. The minimum atomic E-state index is -0.403. The zero-order chi connectivity index (χ0) is 18.7. The molecule has 1 aliphatic heterocycles. The number of rotatable bonds is 3. The van der Waals surface area contributed by atoms with Crippen LogP contribution < -0.4 is 4.90 Å². The quantitative estimate of drug-likeness (QED) is 0.746. The molecule has 0 aliphatic carbocycles. The van der Waals surface area contributed by atoms with Crippen molar-refractivity contribution in [1.82, 2.24) is 4.90 Å². The van der Waals surface area contributed by atoms with Crippen LogP contribution >= 0.6 is 23.2 Å². The molecule has 0 aromatic heterocycles. The number of hydrogen-bond acceptors (Lipinski definition) is 4. The SMILES string of the molecule is COC(=O)c1ccc(Cl)c(N2CCN(C(=O)c3ccc(Cl)cc3)CC2)c1. The molecule has 2 aromatic rings. The lowest BCUT2D eigenvalue weighted by molar-refractivity contribution is 0.0600. The van der Waals surface area contributed by atoms with Crippen LogP contribution in [0.3, 0.4) is 0 Å². The average molecular weight is 393 g/mol. The maximum absolute atomic E-state index is 12.6. The fourth-order valence-corrected chi connectivity index (χ4v) is 3.29. The molecule has 1 heterocycles. The van der Waals surface area contributed by atoms with Gasteiger partial charge in [-0.3, -0.25) is 4.79 Å². The van der Waals surface area contributed by atoms with Gasteiger partial charge in [0.25, 0.3) is 5.91 Å². The molecule has 0 N–H and O–H groups in total. The third-order valence-electron chi connectivity index (χ3n) is 4.37. The van der Waals surface area contributed by atoms with E-state index in [-0.39, 0.29) is 5.91 Å². The van der Waals surface area contributed by atoms with Crippen LogP contribution in [0.5, 0.6) is 0 Å². The van der Waals surface area contributed by atoms with E-state index in [2.05, 4.69) is 4.90 Å². The van der Waals surface area contributed by atoms with Gasteiger partial charge in [0.05, 0.1) is 23.4 Å². The molecule has 2 aromatic carbocycles. The first-order valence-corrected chi connectivity index (χ1v) is 8.93. The lowest BCUT2D eigenvalue weighted by atomic mass is 10.1. The molecule has 0 unspecified atom stereocenters. The van der Waals surface area contributed by atoms with Crippen LogP contribution in [0.2, 0.25) is 10.0 Å². The van der Waals surface area contributed by atoms with Gasteiger partial charge >= 0.3 is 5.97 Å². The van der Waals surface area contributed by atoms with E-state index in [4.69, 9.17) is 27.9 Å². The fourth-order valence-electron chi connectivity index (χ4n) is 2.93. The summed E-state index contributed by atoms with van der Waals surface area (Å²) in [6.45, 7) is 2.40. The van der Waals surface area contributed by atoms with Gasteiger partial charge in [0.15, 0.2) is 0 Å². The molecule has 1 amide bonds. The molecule has 3 rings (SSSR count). The van der Waals surface area contributed by atoms with Crippen LogP contribution in [-0.4, -0.2) is 50.1 Å². The molecule has 26 heavy (non-hydrogen) atoms. The highest BCUT2D eigenvalue weighted by molar-refractivity contribution is 6.33. The number of benzene rings is 2. The second-order valence-corrected chi connectivity index (χ2v) is 6.79. The number of piperazine rings is 1. The number of methoxy groups -OCH3 is 1. The Balaban J connectivity index is 1.69. The van der Waals surface area contributed by atoms with E-state index in [1.165, 1.54) is 7.11 Å². The van der Waals surface area contributed by atoms with Crippen molar-refractivity contribution in [3.05, 3.63) is 63.6 Å². The third kappa shape index (κ3) is 3.94. The normalized spacial score (nSPS) is 14.3. The Hall–Kier alpha value is -2.24. The van der Waals surface area contributed by atoms with Crippen LogP contribution in [0.4, 0.5) is 5.69 Å². The van der Waals surface area contributed by atoms with Crippen molar-refractivity contribution in [2.24, 2.45) is 0 Å². The number of carbonyl (C=O) groups is 2. The fraction of sp³-hybridized carbons (Fsp3) is 0.263. The number of carbonyl (C=O) groups excluding carboxylic acids is 2. The molecule has 0 radical (unpaired) electrons. The first-order chi connectivity index (χ1) is 12.5. The molecule has 0 spiro atoms. The summed E-state index contributed by atoms with van der Waals surface area (Å²) in [6, 6.07) is 11.9. The molecule has 0 bridgehead atoms. The van der Waals surface area contributed by atoms with E-state index in [0.717, 1.165) is 5.69 Å². The number of nitrogens with zero attached hydrogens (tertiary/aromatic N) is 2. The number of hydrogen-bond donors (Lipinski definition) is 0. The monoisotopic (exact) mass is 392 g/mol. The summed E-state index contributed by atoms with van der Waals surface area (Å²) >= 11 is 12.2. The Morgan fingerprint density at radius 1 is 0.923 bits per heavy atom. The van der Waals surface area contributed by atoms with Crippen LogP contribution in [0, 0.1) is 0 Å². The first-order valence-electron chi connectivity index (χ1n) is 8.17. The highest BCUT2D eigenvalue weighted by Crippen LogP contribution is 2.28. The van der Waals surface area contributed by atoms with Crippen molar-refractivity contribution in [3.8, 4) is 0 Å². The van der Waals surface area contributed by atoms with Crippen molar-refractivity contribution < 1.29 is 14.3 Å². The minimum absolute atomic E-state index is 0.0178. The Morgan fingerprint density at radius 2 is 1.54 bits per heavy atom. The molecule has 5 nitrogen and oxygen atoms in total. The zero-order valence-electron chi connectivity index (χ0n) is 14.2. The number of amides is 1. The minimum Gasteiger partial charge on any atom is -0.465 e. The molecule has 1 fully saturated rings. The second kappa shape index (κ2) is 7.98. The van der Waals surface area contributed by atoms with Gasteiger partial charge in [0, 0.05) is 36.8 Å². The van der Waals surface area contributed by atoms with Crippen molar-refractivity contribution in [2.45, 2.75) is 0 Å². The molecule has 1 aliphatic rings. The van der Waals surface area contributed by atoms with Crippen molar-refractivity contribution >= 4 is 40.8 Å². The van der Waals surface area contributed by atoms with Gasteiger partial charge in [-0.05, 0) is 42.5 Å². The Bertz CT molecular complexity index is 816. The summed E-state index contributed by atoms with van der Waals surface area (Å²) in [5.41, 5.74) is 1.84. The van der Waals surface area contributed by atoms with Gasteiger partial charge in [0.2, 0.25) is 0 Å². The number of halogens is 2. The second-order valence-electron chi connectivity index (χ2n) is 5.94. The van der Waals surface area contributed by atoms with Gasteiger partial charge in [-0.2, -0.15) is 0 Å². The predicted molar refractivity (Wildman–Crippen MR) is 102 cm³/mol. The third-order valence-corrected chi connectivity index (χ3v) is 4.94. The molecular formula is C19H18Cl2N2O3. The lowest BCUT2D eigenvalue weighted by Gasteiger charge is -2.36. The number of ether oxygens (including phenoxy) is 1. The van der Waals surface area contributed by atoms with E-state index in [0.29, 0.717) is 47.4 Å². The van der Waals surface area contributed by atoms with Gasteiger partial charge in [-0.1, -0.05) is 23.2 Å². The molecular weight excluding hydrogens is 375 g/mol. The van der Waals surface area contributed by atoms with Crippen molar-refractivity contribution in [3.63, 3.8) is 0 Å². The topological polar surface area (TPSA) is 49.9 Å². The Morgan fingerprint density at radius 3 is 2.15 bits per heavy atom. The van der Waals surface area contributed by atoms with E-state index in [1.54, 1.807) is 47.4 Å². The molecule has 1 saturated heterocycles. The molecule has 0 saturated carbocycles. The summed E-state index contributed by atoms with van der Waals surface area (Å²) in [6.07, 6.45) is 0. The summed E-state index contributed by atoms with van der Waals surface area (Å²) in [5, 5.41) is 1.17. The van der Waals surface area contributed by atoms with Gasteiger partial charge in [-0.15, -0.1) is 0 Å². The number of esters is 1. The Labute approximate surface area is 162 Å². The maximum Gasteiger partial charge on any atom is 0.337 e. The van der Waals surface area contributed by atoms with Gasteiger partial charge in [-0.25, -0.2) is 4.79 Å². The van der Waals surface area contributed by atoms with Crippen molar-refractivity contribution in [1.29, 1.82) is 0 Å². The van der Waals surface area contributed by atoms with E-state index in [1.807, 2.05) is 0 Å². The van der Waals surface area contributed by atoms with Crippen LogP contribution in [0.1, 0.15) is 20.7 Å². The van der Waals surface area contributed by atoms with E-state index < -0.39 is 5.97 Å². The van der Waals surface area contributed by atoms with Crippen molar-refractivity contribution in [2.75, 3.05) is 38.2 Å². The van der Waals surface area contributed by atoms with Gasteiger partial charge in [0.1, 0.15) is 0 Å². The number of anilines is 1. The van der Waals surface area contributed by atoms with Gasteiger partial charge < -0.3 is 14.5 Å².